The van der Waals surface area contributed by atoms with Gasteiger partial charge in [0, 0.05) is 43.7 Å². The molecule has 2 amide bonds. The molecule has 6 rings (SSSR count). The van der Waals surface area contributed by atoms with E-state index in [9.17, 15) is 14.7 Å². The molecule has 4 aliphatic carbocycles. The number of hydrogen-bond donors (Lipinski definition) is 3. The summed E-state index contributed by atoms with van der Waals surface area (Å²) in [6.45, 7) is 8.12. The average Bonchev–Trinajstić information content (AvgIpc) is 3.16. The normalized spacial score (nSPS) is 44.3. The molecule has 7 heteroatoms. The lowest BCUT2D eigenvalue weighted by Crippen LogP contribution is -2.62. The van der Waals surface area contributed by atoms with Gasteiger partial charge in [-0.25, -0.2) is 9.59 Å². The lowest BCUT2D eigenvalue weighted by molar-refractivity contribution is -0.201. The molecule has 8 atom stereocenters. The number of nitrogens with zero attached hydrogens (tertiary/aromatic N) is 1. The number of hydrogen-bond acceptors (Lipinski definition) is 5. The second kappa shape index (κ2) is 8.87. The van der Waals surface area contributed by atoms with E-state index in [1.165, 1.54) is 6.07 Å². The van der Waals surface area contributed by atoms with Crippen molar-refractivity contribution in [2.24, 2.45) is 28.6 Å². The summed E-state index contributed by atoms with van der Waals surface area (Å²) in [4.78, 5) is 26.3. The largest absolute Gasteiger partial charge is 0.431 e. The third-order valence-corrected chi connectivity index (χ3v) is 11.7. The van der Waals surface area contributed by atoms with Gasteiger partial charge in [0.05, 0.1) is 11.9 Å². The standard InChI is InChI=1S/C29H43N3O4/c1-27-10-7-21(31-26(34)32-15-13-30-14-16-32)17-20(27)4-5-24-23(27)8-11-28(2)22(9-12-29(24,28)35)19-3-6-25(33)36-18-19/h3,6,18,20-24,30,35H,4-5,7-17H2,1-2H3,(H,31,34)/t20-,21?,22-,23+,24-,27+,28-,29+/m1/s1. The molecule has 1 unspecified atom stereocenters. The minimum Gasteiger partial charge on any atom is -0.431 e. The van der Waals surface area contributed by atoms with Crippen molar-refractivity contribution in [1.29, 1.82) is 0 Å². The quantitative estimate of drug-likeness (QED) is 0.577. The topological polar surface area (TPSA) is 94.8 Å². The van der Waals surface area contributed by atoms with Crippen LogP contribution in [0.2, 0.25) is 0 Å². The summed E-state index contributed by atoms with van der Waals surface area (Å²) in [7, 11) is 0. The van der Waals surface area contributed by atoms with Crippen LogP contribution in [0.25, 0.3) is 0 Å². The zero-order chi connectivity index (χ0) is 25.1. The monoisotopic (exact) mass is 497 g/mol. The van der Waals surface area contributed by atoms with Gasteiger partial charge in [0.1, 0.15) is 0 Å². The fourth-order valence-corrected chi connectivity index (χ4v) is 9.59. The van der Waals surface area contributed by atoms with Crippen molar-refractivity contribution in [2.45, 2.75) is 89.2 Å². The molecule has 3 N–H and O–H groups in total. The molecular weight excluding hydrogens is 454 g/mol. The van der Waals surface area contributed by atoms with Crippen LogP contribution in [0.3, 0.4) is 0 Å². The fourth-order valence-electron chi connectivity index (χ4n) is 9.59. The van der Waals surface area contributed by atoms with Gasteiger partial charge in [-0.15, -0.1) is 0 Å². The summed E-state index contributed by atoms with van der Waals surface area (Å²) in [5.74, 6) is 1.69. The number of carbonyl (C=O) groups excluding carboxylic acids is 1. The summed E-state index contributed by atoms with van der Waals surface area (Å²) in [6, 6.07) is 3.80. The molecule has 7 nitrogen and oxygen atoms in total. The second-order valence-electron chi connectivity index (χ2n) is 13.0. The van der Waals surface area contributed by atoms with Crippen LogP contribution in [0.4, 0.5) is 4.79 Å². The van der Waals surface area contributed by atoms with E-state index in [2.05, 4.69) is 24.5 Å². The van der Waals surface area contributed by atoms with Gasteiger partial charge in [-0.1, -0.05) is 13.8 Å². The maximum atomic E-state index is 12.8. The summed E-state index contributed by atoms with van der Waals surface area (Å²) >= 11 is 0. The van der Waals surface area contributed by atoms with Crippen LogP contribution in [0.1, 0.15) is 83.1 Å². The first-order valence-corrected chi connectivity index (χ1v) is 14.3. The molecule has 0 aromatic carbocycles. The first-order valence-electron chi connectivity index (χ1n) is 14.3. The first-order chi connectivity index (χ1) is 17.2. The number of urea groups is 1. The van der Waals surface area contributed by atoms with E-state index in [0.717, 1.165) is 89.5 Å². The van der Waals surface area contributed by atoms with Crippen molar-refractivity contribution < 1.29 is 14.3 Å². The molecule has 1 aliphatic heterocycles. The Morgan fingerprint density at radius 3 is 2.61 bits per heavy atom. The Bertz CT molecular complexity index is 1030. The summed E-state index contributed by atoms with van der Waals surface area (Å²) in [5, 5.41) is 19.1. The van der Waals surface area contributed by atoms with E-state index < -0.39 is 5.60 Å². The predicted octanol–water partition coefficient (Wildman–Crippen LogP) is 3.86. The van der Waals surface area contributed by atoms with Gasteiger partial charge in [-0.2, -0.15) is 0 Å². The molecule has 1 aromatic heterocycles. The summed E-state index contributed by atoms with van der Waals surface area (Å²) in [6.07, 6.45) is 11.0. The highest BCUT2D eigenvalue weighted by Gasteiger charge is 2.67. The van der Waals surface area contributed by atoms with Gasteiger partial charge >= 0.3 is 11.7 Å². The number of fused-ring (bicyclic) bond motifs is 5. The maximum Gasteiger partial charge on any atom is 0.335 e. The molecule has 0 bridgehead atoms. The average molecular weight is 498 g/mol. The highest BCUT2D eigenvalue weighted by atomic mass is 16.4. The molecule has 36 heavy (non-hydrogen) atoms. The Hall–Kier alpha value is -1.86. The third kappa shape index (κ3) is 3.67. The molecule has 5 fully saturated rings. The Morgan fingerprint density at radius 2 is 1.86 bits per heavy atom. The van der Waals surface area contributed by atoms with Crippen LogP contribution in [0.15, 0.2) is 27.6 Å². The fraction of sp³-hybridized carbons (Fsp3) is 0.793. The van der Waals surface area contributed by atoms with Gasteiger partial charge < -0.3 is 25.1 Å². The number of piperazine rings is 1. The van der Waals surface area contributed by atoms with E-state index in [0.29, 0.717) is 17.8 Å². The van der Waals surface area contributed by atoms with E-state index >= 15 is 0 Å². The van der Waals surface area contributed by atoms with Crippen LogP contribution in [-0.2, 0) is 0 Å². The first kappa shape index (κ1) is 24.5. The smallest absolute Gasteiger partial charge is 0.335 e. The Balaban J connectivity index is 1.17. The van der Waals surface area contributed by atoms with Crippen LogP contribution >= 0.6 is 0 Å². The molecule has 5 aliphatic rings. The van der Waals surface area contributed by atoms with E-state index in [-0.39, 0.29) is 34.4 Å². The van der Waals surface area contributed by atoms with Gasteiger partial charge in [0.2, 0.25) is 0 Å². The molecule has 1 aromatic rings. The third-order valence-electron chi connectivity index (χ3n) is 11.7. The number of carbonyl (C=O) groups is 1. The van der Waals surface area contributed by atoms with Crippen LogP contribution in [0.5, 0.6) is 0 Å². The van der Waals surface area contributed by atoms with Crippen LogP contribution in [-0.4, -0.2) is 53.9 Å². The van der Waals surface area contributed by atoms with Crippen LogP contribution < -0.4 is 16.3 Å². The predicted molar refractivity (Wildman–Crippen MR) is 138 cm³/mol. The molecule has 1 saturated heterocycles. The van der Waals surface area contributed by atoms with Gasteiger partial charge in [-0.3, -0.25) is 0 Å². The molecule has 0 spiro atoms. The highest BCUT2D eigenvalue weighted by Crippen LogP contribution is 2.70. The van der Waals surface area contributed by atoms with E-state index in [4.69, 9.17) is 4.42 Å². The minimum absolute atomic E-state index is 0.107. The number of nitrogens with one attached hydrogen (secondary N) is 2. The van der Waals surface area contributed by atoms with E-state index in [1.54, 1.807) is 6.26 Å². The maximum absolute atomic E-state index is 12.8. The van der Waals surface area contributed by atoms with Crippen molar-refractivity contribution in [1.82, 2.24) is 15.5 Å². The lowest BCUT2D eigenvalue weighted by atomic mass is 9.43. The molecule has 0 radical (unpaired) electrons. The molecular formula is C29H43N3O4. The summed E-state index contributed by atoms with van der Waals surface area (Å²) in [5.41, 5.74) is 0.122. The molecule has 198 valence electrons. The zero-order valence-corrected chi connectivity index (χ0v) is 21.9. The lowest BCUT2D eigenvalue weighted by Gasteiger charge is -2.63. The SMILES string of the molecule is C[C@]12CCC(NC(=O)N3CCNCC3)C[C@H]1CC[C@@H]1[C@@H]2CC[C@]2(C)[C@@H](c3ccc(=O)oc3)CC[C@]12O. The van der Waals surface area contributed by atoms with Crippen molar-refractivity contribution >= 4 is 6.03 Å². The van der Waals surface area contributed by atoms with Gasteiger partial charge in [0.15, 0.2) is 0 Å². The number of rotatable bonds is 2. The Labute approximate surface area is 214 Å². The van der Waals surface area contributed by atoms with Gasteiger partial charge in [0.25, 0.3) is 0 Å². The van der Waals surface area contributed by atoms with E-state index in [1.807, 2.05) is 11.0 Å². The molecule has 2 heterocycles. The zero-order valence-electron chi connectivity index (χ0n) is 21.9. The van der Waals surface area contributed by atoms with Crippen molar-refractivity contribution in [3.05, 3.63) is 34.4 Å². The number of aliphatic hydroxyl groups is 1. The van der Waals surface area contributed by atoms with Crippen LogP contribution in [0, 0.1) is 28.6 Å². The highest BCUT2D eigenvalue weighted by molar-refractivity contribution is 5.74. The Kier molecular flexibility index (Phi) is 6.03. The summed E-state index contributed by atoms with van der Waals surface area (Å²) < 4.78 is 5.22. The van der Waals surface area contributed by atoms with Crippen molar-refractivity contribution in [2.75, 3.05) is 26.2 Å². The second-order valence-corrected chi connectivity index (χ2v) is 13.0. The minimum atomic E-state index is -0.669. The van der Waals surface area contributed by atoms with Crippen molar-refractivity contribution in [3.63, 3.8) is 0 Å². The van der Waals surface area contributed by atoms with Gasteiger partial charge in [-0.05, 0) is 98.5 Å². The van der Waals surface area contributed by atoms with Crippen molar-refractivity contribution in [3.8, 4) is 0 Å². The Morgan fingerprint density at radius 1 is 1.06 bits per heavy atom. The number of amides is 2. The molecule has 4 saturated carbocycles.